The maximum Gasteiger partial charge on any atom is 0.0801 e. The molecule has 0 radical (unpaired) electrons. The Balaban J connectivity index is 2.23. The number of rotatable bonds is 2. The van der Waals surface area contributed by atoms with Crippen molar-refractivity contribution in [2.24, 2.45) is 5.73 Å². The maximum atomic E-state index is 5.90. The van der Waals surface area contributed by atoms with Crippen molar-refractivity contribution in [3.63, 3.8) is 0 Å². The number of anilines is 1. The van der Waals surface area contributed by atoms with Gasteiger partial charge in [-0.25, -0.2) is 0 Å². The van der Waals surface area contributed by atoms with Crippen molar-refractivity contribution in [3.8, 4) is 0 Å². The number of nitrogens with two attached hydrogens (primary N) is 1. The van der Waals surface area contributed by atoms with E-state index in [4.69, 9.17) is 10.5 Å². The summed E-state index contributed by atoms with van der Waals surface area (Å²) in [6, 6.07) is 6.43. The van der Waals surface area contributed by atoms with Gasteiger partial charge in [-0.2, -0.15) is 0 Å². The first-order valence-corrected chi connectivity index (χ1v) is 7.12. The van der Waals surface area contributed by atoms with Gasteiger partial charge in [-0.05, 0) is 54.4 Å². The Hall–Kier alpha value is -0.580. The SMILES string of the molecule is C[C@@H](N)c1ccc(N2CCOC(C)(C)C2)c(Br)c1. The highest BCUT2D eigenvalue weighted by molar-refractivity contribution is 9.10. The summed E-state index contributed by atoms with van der Waals surface area (Å²) in [4.78, 5) is 2.36. The van der Waals surface area contributed by atoms with Crippen LogP contribution in [0.2, 0.25) is 0 Å². The van der Waals surface area contributed by atoms with E-state index in [0.29, 0.717) is 0 Å². The van der Waals surface area contributed by atoms with Crippen LogP contribution in [0.3, 0.4) is 0 Å². The molecule has 0 amide bonds. The van der Waals surface area contributed by atoms with Crippen molar-refractivity contribution in [1.29, 1.82) is 0 Å². The molecule has 2 N–H and O–H groups in total. The van der Waals surface area contributed by atoms with Crippen molar-refractivity contribution in [1.82, 2.24) is 0 Å². The highest BCUT2D eigenvalue weighted by Crippen LogP contribution is 2.31. The summed E-state index contributed by atoms with van der Waals surface area (Å²) in [7, 11) is 0. The van der Waals surface area contributed by atoms with E-state index in [2.05, 4.69) is 52.9 Å². The van der Waals surface area contributed by atoms with Crippen LogP contribution in [0.5, 0.6) is 0 Å². The number of halogens is 1. The fourth-order valence-corrected chi connectivity index (χ4v) is 2.93. The van der Waals surface area contributed by atoms with Crippen LogP contribution >= 0.6 is 15.9 Å². The molecule has 4 heteroatoms. The van der Waals surface area contributed by atoms with Gasteiger partial charge in [0.2, 0.25) is 0 Å². The van der Waals surface area contributed by atoms with Gasteiger partial charge in [0, 0.05) is 23.6 Å². The molecule has 0 aliphatic carbocycles. The van der Waals surface area contributed by atoms with Gasteiger partial charge in [-0.3, -0.25) is 0 Å². The first-order valence-electron chi connectivity index (χ1n) is 6.33. The van der Waals surface area contributed by atoms with Crippen molar-refractivity contribution >= 4 is 21.6 Å². The summed E-state index contributed by atoms with van der Waals surface area (Å²) in [6.07, 6.45) is 0. The van der Waals surface area contributed by atoms with Crippen LogP contribution < -0.4 is 10.6 Å². The van der Waals surface area contributed by atoms with Gasteiger partial charge in [0.05, 0.1) is 17.9 Å². The summed E-state index contributed by atoms with van der Waals surface area (Å²) < 4.78 is 6.85. The third-order valence-electron chi connectivity index (χ3n) is 3.26. The molecule has 100 valence electrons. The summed E-state index contributed by atoms with van der Waals surface area (Å²) in [6.45, 7) is 8.86. The average molecular weight is 313 g/mol. The fraction of sp³-hybridized carbons (Fsp3) is 0.571. The molecular formula is C14H21BrN2O. The number of hydrogen-bond donors (Lipinski definition) is 1. The molecule has 0 spiro atoms. The van der Waals surface area contributed by atoms with Crippen LogP contribution in [-0.2, 0) is 4.74 Å². The second-order valence-electron chi connectivity index (χ2n) is 5.53. The minimum atomic E-state index is -0.0858. The Bertz CT molecular complexity index is 432. The Morgan fingerprint density at radius 1 is 1.44 bits per heavy atom. The molecule has 0 bridgehead atoms. The summed E-state index contributed by atoms with van der Waals surface area (Å²) in [5.41, 5.74) is 8.18. The second-order valence-corrected chi connectivity index (χ2v) is 6.38. The molecule has 18 heavy (non-hydrogen) atoms. The first kappa shape index (κ1) is 13.8. The molecule has 0 unspecified atom stereocenters. The van der Waals surface area contributed by atoms with E-state index >= 15 is 0 Å². The van der Waals surface area contributed by atoms with E-state index < -0.39 is 0 Å². The quantitative estimate of drug-likeness (QED) is 0.912. The van der Waals surface area contributed by atoms with Crippen LogP contribution in [0.15, 0.2) is 22.7 Å². The van der Waals surface area contributed by atoms with Crippen LogP contribution in [0, 0.1) is 0 Å². The van der Waals surface area contributed by atoms with E-state index in [1.165, 1.54) is 5.69 Å². The molecule has 1 fully saturated rings. The Kier molecular flexibility index (Phi) is 3.99. The van der Waals surface area contributed by atoms with Crippen LogP contribution in [0.4, 0.5) is 5.69 Å². The third kappa shape index (κ3) is 3.05. The van der Waals surface area contributed by atoms with Gasteiger partial charge in [0.25, 0.3) is 0 Å². The zero-order chi connectivity index (χ0) is 13.3. The standard InChI is InChI=1S/C14H21BrN2O/c1-10(16)11-4-5-13(12(15)8-11)17-6-7-18-14(2,3)9-17/h4-5,8,10H,6-7,9,16H2,1-3H3/t10-/m1/s1. The largest absolute Gasteiger partial charge is 0.372 e. The number of morpholine rings is 1. The summed E-state index contributed by atoms with van der Waals surface area (Å²) >= 11 is 3.65. The lowest BCUT2D eigenvalue weighted by Gasteiger charge is -2.40. The van der Waals surface area contributed by atoms with E-state index in [0.717, 1.165) is 29.7 Å². The van der Waals surface area contributed by atoms with Gasteiger partial charge in [0.1, 0.15) is 0 Å². The van der Waals surface area contributed by atoms with Crippen molar-refractivity contribution in [3.05, 3.63) is 28.2 Å². The predicted octanol–water partition coefficient (Wildman–Crippen LogP) is 3.08. The monoisotopic (exact) mass is 312 g/mol. The lowest BCUT2D eigenvalue weighted by Crippen LogP contribution is -2.48. The second kappa shape index (κ2) is 5.19. The third-order valence-corrected chi connectivity index (χ3v) is 3.90. The molecule has 0 saturated carbocycles. The average Bonchev–Trinajstić information content (AvgIpc) is 2.27. The Morgan fingerprint density at radius 3 is 2.72 bits per heavy atom. The maximum absolute atomic E-state index is 5.90. The van der Waals surface area contributed by atoms with Crippen LogP contribution in [-0.4, -0.2) is 25.3 Å². The first-order chi connectivity index (χ1) is 8.39. The number of benzene rings is 1. The van der Waals surface area contributed by atoms with Crippen LogP contribution in [0.25, 0.3) is 0 Å². The van der Waals surface area contributed by atoms with E-state index in [-0.39, 0.29) is 11.6 Å². The van der Waals surface area contributed by atoms with Crippen molar-refractivity contribution in [2.75, 3.05) is 24.6 Å². The van der Waals surface area contributed by atoms with Gasteiger partial charge >= 0.3 is 0 Å². The molecule has 3 nitrogen and oxygen atoms in total. The van der Waals surface area contributed by atoms with E-state index in [1.54, 1.807) is 0 Å². The Labute approximate surface area is 117 Å². The number of ether oxygens (including phenoxy) is 1. The molecule has 1 aliphatic heterocycles. The molecule has 1 atom stereocenters. The lowest BCUT2D eigenvalue weighted by atomic mass is 10.1. The topological polar surface area (TPSA) is 38.5 Å². The Morgan fingerprint density at radius 2 is 2.17 bits per heavy atom. The molecule has 1 aromatic carbocycles. The minimum absolute atomic E-state index is 0.0662. The normalized spacial score (nSPS) is 20.8. The van der Waals surface area contributed by atoms with E-state index in [9.17, 15) is 0 Å². The molecule has 2 rings (SSSR count). The van der Waals surface area contributed by atoms with Gasteiger partial charge < -0.3 is 15.4 Å². The fourth-order valence-electron chi connectivity index (χ4n) is 2.28. The van der Waals surface area contributed by atoms with Crippen molar-refractivity contribution < 1.29 is 4.74 Å². The minimum Gasteiger partial charge on any atom is -0.372 e. The van der Waals surface area contributed by atoms with Crippen molar-refractivity contribution in [2.45, 2.75) is 32.4 Å². The highest BCUT2D eigenvalue weighted by atomic mass is 79.9. The lowest BCUT2D eigenvalue weighted by molar-refractivity contribution is -0.0277. The van der Waals surface area contributed by atoms with Gasteiger partial charge in [0.15, 0.2) is 0 Å². The molecule has 1 saturated heterocycles. The summed E-state index contributed by atoms with van der Waals surface area (Å²) in [5, 5.41) is 0. The van der Waals surface area contributed by atoms with Crippen LogP contribution in [0.1, 0.15) is 32.4 Å². The van der Waals surface area contributed by atoms with E-state index in [1.807, 2.05) is 6.92 Å². The molecule has 1 aliphatic rings. The molecule has 1 aromatic rings. The number of nitrogens with zero attached hydrogens (tertiary/aromatic N) is 1. The smallest absolute Gasteiger partial charge is 0.0801 e. The van der Waals surface area contributed by atoms with Gasteiger partial charge in [-0.15, -0.1) is 0 Å². The highest BCUT2D eigenvalue weighted by Gasteiger charge is 2.28. The molecular weight excluding hydrogens is 292 g/mol. The van der Waals surface area contributed by atoms with Gasteiger partial charge in [-0.1, -0.05) is 6.07 Å². The molecule has 0 aromatic heterocycles. The molecule has 1 heterocycles. The zero-order valence-electron chi connectivity index (χ0n) is 11.2. The zero-order valence-corrected chi connectivity index (χ0v) is 12.8. The summed E-state index contributed by atoms with van der Waals surface area (Å²) in [5.74, 6) is 0. The predicted molar refractivity (Wildman–Crippen MR) is 79.0 cm³/mol. The number of hydrogen-bond acceptors (Lipinski definition) is 3.